The van der Waals surface area contributed by atoms with Crippen molar-refractivity contribution in [3.63, 3.8) is 0 Å². The Kier molecular flexibility index (Phi) is 5.99. The summed E-state index contributed by atoms with van der Waals surface area (Å²) in [5.41, 5.74) is 1.40. The summed E-state index contributed by atoms with van der Waals surface area (Å²) >= 11 is 0. The van der Waals surface area contributed by atoms with Crippen molar-refractivity contribution in [3.05, 3.63) is 35.9 Å². The third-order valence-corrected chi connectivity index (χ3v) is 4.48. The molecule has 1 aliphatic rings. The molecule has 1 aromatic carbocycles. The molecule has 1 saturated carbocycles. The van der Waals surface area contributed by atoms with E-state index in [1.165, 1.54) is 5.56 Å². The number of aliphatic carboxylic acids is 1. The highest BCUT2D eigenvalue weighted by Crippen LogP contribution is 2.36. The molecule has 2 N–H and O–H groups in total. The van der Waals surface area contributed by atoms with Crippen LogP contribution in [0.25, 0.3) is 0 Å². The van der Waals surface area contributed by atoms with Gasteiger partial charge in [0.1, 0.15) is 0 Å². The number of hydrogen-bond donors (Lipinski definition) is 2. The van der Waals surface area contributed by atoms with Gasteiger partial charge in [0.15, 0.2) is 0 Å². The Labute approximate surface area is 131 Å². The van der Waals surface area contributed by atoms with Gasteiger partial charge < -0.3 is 10.4 Å². The second-order valence-electron chi connectivity index (χ2n) is 6.40. The average molecular weight is 303 g/mol. The molecule has 4 heteroatoms. The molecule has 4 nitrogen and oxygen atoms in total. The first-order valence-electron chi connectivity index (χ1n) is 8.10. The molecule has 0 aliphatic heterocycles. The van der Waals surface area contributed by atoms with Gasteiger partial charge in [-0.15, -0.1) is 0 Å². The van der Waals surface area contributed by atoms with Crippen LogP contribution < -0.4 is 5.32 Å². The minimum atomic E-state index is -0.879. The molecule has 1 aliphatic carbocycles. The standard InChI is InChI=1S/C18H25NO3/c1-13(11-18(21)22)19-17(20)12-14-7-9-16(10-8-14)15-5-3-2-4-6-15/h2-6,13-14,16H,7-12H2,1H3,(H,19,20)(H,21,22). The van der Waals surface area contributed by atoms with Crippen molar-refractivity contribution in [2.24, 2.45) is 5.92 Å². The minimum Gasteiger partial charge on any atom is -0.481 e. The largest absolute Gasteiger partial charge is 0.481 e. The van der Waals surface area contributed by atoms with Crippen LogP contribution >= 0.6 is 0 Å². The van der Waals surface area contributed by atoms with Gasteiger partial charge in [-0.1, -0.05) is 30.3 Å². The number of rotatable bonds is 6. The molecule has 0 bridgehead atoms. The molecule has 1 atom stereocenters. The Balaban J connectivity index is 1.73. The van der Waals surface area contributed by atoms with Crippen LogP contribution in [-0.4, -0.2) is 23.0 Å². The van der Waals surface area contributed by atoms with Gasteiger partial charge >= 0.3 is 5.97 Å². The van der Waals surface area contributed by atoms with Crippen molar-refractivity contribution in [2.45, 2.75) is 57.4 Å². The average Bonchev–Trinajstić information content (AvgIpc) is 2.47. The fourth-order valence-electron chi connectivity index (χ4n) is 3.33. The van der Waals surface area contributed by atoms with E-state index in [4.69, 9.17) is 5.11 Å². The van der Waals surface area contributed by atoms with E-state index in [0.29, 0.717) is 18.3 Å². The van der Waals surface area contributed by atoms with Crippen molar-refractivity contribution in [3.8, 4) is 0 Å². The Morgan fingerprint density at radius 3 is 2.41 bits per heavy atom. The summed E-state index contributed by atoms with van der Waals surface area (Å²) in [6, 6.07) is 10.3. The Hall–Kier alpha value is -1.84. The summed E-state index contributed by atoms with van der Waals surface area (Å²) in [6.07, 6.45) is 4.90. The van der Waals surface area contributed by atoms with Crippen LogP contribution in [-0.2, 0) is 9.59 Å². The van der Waals surface area contributed by atoms with E-state index >= 15 is 0 Å². The number of hydrogen-bond acceptors (Lipinski definition) is 2. The third kappa shape index (κ3) is 5.17. The molecule has 0 spiro atoms. The highest BCUT2D eigenvalue weighted by Gasteiger charge is 2.24. The van der Waals surface area contributed by atoms with Gasteiger partial charge in [-0.2, -0.15) is 0 Å². The van der Waals surface area contributed by atoms with Crippen molar-refractivity contribution in [1.29, 1.82) is 0 Å². The number of carbonyl (C=O) groups is 2. The van der Waals surface area contributed by atoms with E-state index in [-0.39, 0.29) is 18.4 Å². The number of carbonyl (C=O) groups excluding carboxylic acids is 1. The first-order valence-corrected chi connectivity index (χ1v) is 8.10. The van der Waals surface area contributed by atoms with Gasteiger partial charge in [-0.05, 0) is 50.0 Å². The Morgan fingerprint density at radius 2 is 1.82 bits per heavy atom. The summed E-state index contributed by atoms with van der Waals surface area (Å²) in [5, 5.41) is 11.5. The molecule has 0 aromatic heterocycles. The molecule has 120 valence electrons. The highest BCUT2D eigenvalue weighted by atomic mass is 16.4. The van der Waals surface area contributed by atoms with Crippen LogP contribution in [0.4, 0.5) is 0 Å². The van der Waals surface area contributed by atoms with Crippen LogP contribution in [0, 0.1) is 5.92 Å². The van der Waals surface area contributed by atoms with Gasteiger partial charge in [0.05, 0.1) is 6.42 Å². The maximum atomic E-state index is 12.0. The molecule has 0 heterocycles. The van der Waals surface area contributed by atoms with Crippen LogP contribution in [0.5, 0.6) is 0 Å². The zero-order chi connectivity index (χ0) is 15.9. The lowest BCUT2D eigenvalue weighted by Gasteiger charge is -2.28. The third-order valence-electron chi connectivity index (χ3n) is 4.48. The normalized spacial score (nSPS) is 22.8. The maximum Gasteiger partial charge on any atom is 0.305 e. The predicted octanol–water partition coefficient (Wildman–Crippen LogP) is 3.33. The maximum absolute atomic E-state index is 12.0. The fourth-order valence-corrected chi connectivity index (χ4v) is 3.33. The molecular weight excluding hydrogens is 278 g/mol. The summed E-state index contributed by atoms with van der Waals surface area (Å²) in [5.74, 6) is 0.150. The van der Waals surface area contributed by atoms with Crippen molar-refractivity contribution in [2.75, 3.05) is 0 Å². The molecule has 0 radical (unpaired) electrons. The molecule has 1 unspecified atom stereocenters. The first kappa shape index (κ1) is 16.5. The summed E-state index contributed by atoms with van der Waals surface area (Å²) < 4.78 is 0. The summed E-state index contributed by atoms with van der Waals surface area (Å²) in [4.78, 5) is 22.6. The molecule has 1 fully saturated rings. The van der Waals surface area contributed by atoms with Gasteiger partial charge in [0, 0.05) is 12.5 Å². The van der Waals surface area contributed by atoms with E-state index < -0.39 is 5.97 Å². The van der Waals surface area contributed by atoms with E-state index in [1.807, 2.05) is 6.07 Å². The Morgan fingerprint density at radius 1 is 1.18 bits per heavy atom. The summed E-state index contributed by atoms with van der Waals surface area (Å²) in [7, 11) is 0. The summed E-state index contributed by atoms with van der Waals surface area (Å²) in [6.45, 7) is 1.73. The van der Waals surface area contributed by atoms with E-state index in [2.05, 4.69) is 29.6 Å². The van der Waals surface area contributed by atoms with Gasteiger partial charge in [-0.3, -0.25) is 9.59 Å². The van der Waals surface area contributed by atoms with Crippen LogP contribution in [0.3, 0.4) is 0 Å². The molecular formula is C18H25NO3. The molecule has 0 saturated heterocycles. The lowest BCUT2D eigenvalue weighted by molar-refractivity contribution is -0.137. The fraction of sp³-hybridized carbons (Fsp3) is 0.556. The zero-order valence-corrected chi connectivity index (χ0v) is 13.1. The van der Waals surface area contributed by atoms with Crippen LogP contribution in [0.1, 0.15) is 56.9 Å². The Bertz CT molecular complexity index is 492. The van der Waals surface area contributed by atoms with Gasteiger partial charge in [0.2, 0.25) is 5.91 Å². The quantitative estimate of drug-likeness (QED) is 0.847. The van der Waals surface area contributed by atoms with Gasteiger partial charge in [-0.25, -0.2) is 0 Å². The second-order valence-corrected chi connectivity index (χ2v) is 6.40. The van der Waals surface area contributed by atoms with Crippen LogP contribution in [0.2, 0.25) is 0 Å². The van der Waals surface area contributed by atoms with E-state index in [1.54, 1.807) is 6.92 Å². The van der Waals surface area contributed by atoms with Gasteiger partial charge in [0.25, 0.3) is 0 Å². The lowest BCUT2D eigenvalue weighted by Crippen LogP contribution is -2.35. The number of nitrogens with one attached hydrogen (secondary N) is 1. The number of carboxylic acids is 1. The first-order chi connectivity index (χ1) is 10.5. The smallest absolute Gasteiger partial charge is 0.305 e. The predicted molar refractivity (Wildman–Crippen MR) is 85.6 cm³/mol. The SMILES string of the molecule is CC(CC(=O)O)NC(=O)CC1CCC(c2ccccc2)CC1. The lowest BCUT2D eigenvalue weighted by atomic mass is 9.77. The van der Waals surface area contributed by atoms with Crippen LogP contribution in [0.15, 0.2) is 30.3 Å². The monoisotopic (exact) mass is 303 g/mol. The molecule has 1 aromatic rings. The number of amides is 1. The zero-order valence-electron chi connectivity index (χ0n) is 13.1. The van der Waals surface area contributed by atoms with Crippen molar-refractivity contribution < 1.29 is 14.7 Å². The molecule has 1 amide bonds. The van der Waals surface area contributed by atoms with Crippen molar-refractivity contribution >= 4 is 11.9 Å². The van der Waals surface area contributed by atoms with E-state index in [0.717, 1.165) is 25.7 Å². The van der Waals surface area contributed by atoms with Crippen molar-refractivity contribution in [1.82, 2.24) is 5.32 Å². The number of carboxylic acid groups (broad SMARTS) is 1. The van der Waals surface area contributed by atoms with E-state index in [9.17, 15) is 9.59 Å². The second kappa shape index (κ2) is 7.97. The highest BCUT2D eigenvalue weighted by molar-refractivity contribution is 5.77. The molecule has 22 heavy (non-hydrogen) atoms. The number of benzene rings is 1. The minimum absolute atomic E-state index is 0.0167. The molecule has 2 rings (SSSR count). The topological polar surface area (TPSA) is 66.4 Å².